The van der Waals surface area contributed by atoms with E-state index in [1.807, 2.05) is 0 Å². The second-order valence-electron chi connectivity index (χ2n) is 6.45. The number of carboxylic acid groups (broad SMARTS) is 1. The quantitative estimate of drug-likeness (QED) is 0.633. The Morgan fingerprint density at radius 2 is 1.60 bits per heavy atom. The number of rotatable bonds is 8. The molecular formula is C20H20F3NO5S. The Hall–Kier alpha value is -2.72. The van der Waals surface area contributed by atoms with Crippen molar-refractivity contribution in [1.82, 2.24) is 5.06 Å². The summed E-state index contributed by atoms with van der Waals surface area (Å²) in [6.45, 7) is -0.0644. The third-order valence-electron chi connectivity index (χ3n) is 4.35. The van der Waals surface area contributed by atoms with Crippen molar-refractivity contribution in [2.45, 2.75) is 24.4 Å². The van der Waals surface area contributed by atoms with Crippen LogP contribution in [0.1, 0.15) is 27.0 Å². The number of halogens is 3. The number of carbonyl (C=O) groups excluding carboxylic acids is 1. The van der Waals surface area contributed by atoms with Gasteiger partial charge in [0, 0.05) is 22.6 Å². The average Bonchev–Trinajstić information content (AvgIpc) is 2.69. The largest absolute Gasteiger partial charge is 0.480 e. The van der Waals surface area contributed by atoms with Gasteiger partial charge in [0.2, 0.25) is 0 Å². The van der Waals surface area contributed by atoms with Crippen LogP contribution >= 0.6 is 0 Å². The predicted molar refractivity (Wildman–Crippen MR) is 104 cm³/mol. The first kappa shape index (κ1) is 23.6. The zero-order valence-electron chi connectivity index (χ0n) is 16.2. The first-order valence-corrected chi connectivity index (χ1v) is 10.3. The van der Waals surface area contributed by atoms with Gasteiger partial charge in [-0.15, -0.1) is 0 Å². The summed E-state index contributed by atoms with van der Waals surface area (Å²) in [6, 6.07) is 10.5. The smallest absolute Gasteiger partial charge is 0.416 e. The molecule has 30 heavy (non-hydrogen) atoms. The highest BCUT2D eigenvalue weighted by molar-refractivity contribution is 7.85. The molecular weight excluding hydrogens is 423 g/mol. The summed E-state index contributed by atoms with van der Waals surface area (Å²) < 4.78 is 49.5. The van der Waals surface area contributed by atoms with Crippen LogP contribution < -0.4 is 0 Å². The molecule has 6 nitrogen and oxygen atoms in total. The number of hydrogen-bond acceptors (Lipinski definition) is 4. The Morgan fingerprint density at radius 1 is 1.07 bits per heavy atom. The molecule has 0 fully saturated rings. The van der Waals surface area contributed by atoms with Gasteiger partial charge in [-0.2, -0.15) is 13.2 Å². The molecule has 0 aliphatic rings. The van der Waals surface area contributed by atoms with E-state index in [-0.39, 0.29) is 18.5 Å². The minimum Gasteiger partial charge on any atom is -0.480 e. The number of benzene rings is 2. The molecule has 0 saturated heterocycles. The van der Waals surface area contributed by atoms with Gasteiger partial charge in [-0.05, 0) is 41.8 Å². The average molecular weight is 443 g/mol. The molecule has 162 valence electrons. The summed E-state index contributed by atoms with van der Waals surface area (Å²) in [5.41, 5.74) is 0.507. The minimum atomic E-state index is -4.44. The standard InChI is InChI=1S/C20H20F3NO5S/c1-29-24(12-14-5-9-16(10-6-14)20(21,22)23)18(25)15-7-3-13(4-8-15)11-17(19(26)27)30(2)28/h3-10,17H,11-12H2,1-2H3,(H,26,27). The number of alkyl halides is 3. The summed E-state index contributed by atoms with van der Waals surface area (Å²) in [5, 5.41) is 9.07. The number of amides is 1. The topological polar surface area (TPSA) is 83.9 Å². The van der Waals surface area contributed by atoms with E-state index in [2.05, 4.69) is 0 Å². The molecule has 1 amide bonds. The van der Waals surface area contributed by atoms with Crippen LogP contribution in [-0.4, -0.2) is 44.9 Å². The van der Waals surface area contributed by atoms with E-state index in [0.717, 1.165) is 17.2 Å². The Labute approximate surface area is 173 Å². The molecule has 0 spiro atoms. The zero-order chi connectivity index (χ0) is 22.5. The van der Waals surface area contributed by atoms with E-state index >= 15 is 0 Å². The van der Waals surface area contributed by atoms with Crippen LogP contribution in [0, 0.1) is 0 Å². The highest BCUT2D eigenvalue weighted by Crippen LogP contribution is 2.29. The lowest BCUT2D eigenvalue weighted by molar-refractivity contribution is -0.138. The summed E-state index contributed by atoms with van der Waals surface area (Å²) >= 11 is 0. The highest BCUT2D eigenvalue weighted by Gasteiger charge is 2.30. The maximum atomic E-state index is 12.7. The highest BCUT2D eigenvalue weighted by atomic mass is 32.2. The van der Waals surface area contributed by atoms with Crippen molar-refractivity contribution in [3.63, 3.8) is 0 Å². The Bertz CT molecular complexity index is 900. The SMILES string of the molecule is CON(Cc1ccc(C(F)(F)F)cc1)C(=O)c1ccc(CC(C(=O)O)S(C)=O)cc1. The maximum Gasteiger partial charge on any atom is 0.416 e. The first-order valence-electron chi connectivity index (χ1n) is 8.69. The molecule has 0 aliphatic heterocycles. The molecule has 2 aromatic carbocycles. The molecule has 0 saturated carbocycles. The molecule has 10 heteroatoms. The lowest BCUT2D eigenvalue weighted by Crippen LogP contribution is -2.29. The van der Waals surface area contributed by atoms with Crippen molar-refractivity contribution in [3.05, 3.63) is 70.8 Å². The van der Waals surface area contributed by atoms with Crippen LogP contribution in [0.5, 0.6) is 0 Å². The lowest BCUT2D eigenvalue weighted by Gasteiger charge is -2.20. The third-order valence-corrected chi connectivity index (χ3v) is 5.52. The fraction of sp³-hybridized carbons (Fsp3) is 0.300. The Balaban J connectivity index is 2.10. The third kappa shape index (κ3) is 6.14. The Kier molecular flexibility index (Phi) is 7.74. The van der Waals surface area contributed by atoms with Gasteiger partial charge in [0.15, 0.2) is 0 Å². The molecule has 2 unspecified atom stereocenters. The van der Waals surface area contributed by atoms with Crippen molar-refractivity contribution < 1.29 is 36.9 Å². The van der Waals surface area contributed by atoms with Gasteiger partial charge in [0.1, 0.15) is 5.25 Å². The summed E-state index contributed by atoms with van der Waals surface area (Å²) in [6.07, 6.45) is -3.08. The van der Waals surface area contributed by atoms with Crippen molar-refractivity contribution in [3.8, 4) is 0 Å². The number of aliphatic carboxylic acids is 1. The van der Waals surface area contributed by atoms with Crippen molar-refractivity contribution in [1.29, 1.82) is 0 Å². The second-order valence-corrected chi connectivity index (χ2v) is 8.01. The van der Waals surface area contributed by atoms with Gasteiger partial charge in [0.25, 0.3) is 5.91 Å². The summed E-state index contributed by atoms with van der Waals surface area (Å²) in [5.74, 6) is -1.68. The van der Waals surface area contributed by atoms with E-state index in [4.69, 9.17) is 9.94 Å². The van der Waals surface area contributed by atoms with E-state index in [1.165, 1.54) is 37.6 Å². The molecule has 0 aliphatic carbocycles. The van der Waals surface area contributed by atoms with Crippen LogP contribution in [0.2, 0.25) is 0 Å². The van der Waals surface area contributed by atoms with E-state index in [0.29, 0.717) is 11.1 Å². The predicted octanol–water partition coefficient (Wildman–Crippen LogP) is 3.28. The van der Waals surface area contributed by atoms with Crippen LogP contribution in [0.4, 0.5) is 13.2 Å². The fourth-order valence-electron chi connectivity index (χ4n) is 2.67. The van der Waals surface area contributed by atoms with Gasteiger partial charge in [-0.1, -0.05) is 24.3 Å². The molecule has 0 heterocycles. The van der Waals surface area contributed by atoms with Crippen molar-refractivity contribution in [2.75, 3.05) is 13.4 Å². The molecule has 2 atom stereocenters. The molecule has 0 radical (unpaired) electrons. The van der Waals surface area contributed by atoms with Crippen LogP contribution in [0.3, 0.4) is 0 Å². The van der Waals surface area contributed by atoms with Gasteiger partial charge in [-0.3, -0.25) is 18.6 Å². The monoisotopic (exact) mass is 443 g/mol. The molecule has 0 bridgehead atoms. The normalized spacial score (nSPS) is 13.5. The number of nitrogens with zero attached hydrogens (tertiary/aromatic N) is 1. The summed E-state index contributed by atoms with van der Waals surface area (Å²) in [7, 11) is -0.284. The zero-order valence-corrected chi connectivity index (χ0v) is 17.0. The van der Waals surface area contributed by atoms with E-state index in [9.17, 15) is 27.0 Å². The lowest BCUT2D eigenvalue weighted by atomic mass is 10.1. The van der Waals surface area contributed by atoms with E-state index in [1.54, 1.807) is 12.1 Å². The molecule has 0 aromatic heterocycles. The van der Waals surface area contributed by atoms with E-state index < -0.39 is 39.7 Å². The van der Waals surface area contributed by atoms with Gasteiger partial charge < -0.3 is 5.11 Å². The number of carbonyl (C=O) groups is 2. The second kappa shape index (κ2) is 9.86. The van der Waals surface area contributed by atoms with Crippen LogP contribution in [0.25, 0.3) is 0 Å². The summed E-state index contributed by atoms with van der Waals surface area (Å²) in [4.78, 5) is 28.9. The number of hydroxylamine groups is 2. The first-order chi connectivity index (χ1) is 14.0. The Morgan fingerprint density at radius 3 is 2.03 bits per heavy atom. The van der Waals surface area contributed by atoms with Crippen molar-refractivity contribution in [2.24, 2.45) is 0 Å². The molecule has 2 aromatic rings. The number of hydrogen-bond donors (Lipinski definition) is 1. The fourth-order valence-corrected chi connectivity index (χ4v) is 3.38. The van der Waals surface area contributed by atoms with Gasteiger partial charge >= 0.3 is 12.1 Å². The minimum absolute atomic E-state index is 0.0481. The maximum absolute atomic E-state index is 12.7. The van der Waals surface area contributed by atoms with Gasteiger partial charge in [-0.25, -0.2) is 5.06 Å². The molecule has 2 rings (SSSR count). The van der Waals surface area contributed by atoms with Crippen LogP contribution in [-0.2, 0) is 39.6 Å². The number of carboxylic acids is 1. The van der Waals surface area contributed by atoms with Crippen molar-refractivity contribution >= 4 is 22.7 Å². The van der Waals surface area contributed by atoms with Crippen LogP contribution in [0.15, 0.2) is 48.5 Å². The molecule has 1 N–H and O–H groups in total. The van der Waals surface area contributed by atoms with Gasteiger partial charge in [0.05, 0.1) is 19.2 Å².